The van der Waals surface area contributed by atoms with E-state index in [0.29, 0.717) is 12.6 Å². The lowest BCUT2D eigenvalue weighted by molar-refractivity contribution is -0.142. The second kappa shape index (κ2) is 5.72. The van der Waals surface area contributed by atoms with E-state index < -0.39 is 0 Å². The molecule has 0 aromatic rings. The maximum Gasteiger partial charge on any atom is 0.243 e. The first kappa shape index (κ1) is 13.9. The quantitative estimate of drug-likeness (QED) is 0.801. The van der Waals surface area contributed by atoms with Gasteiger partial charge in [-0.2, -0.15) is 0 Å². The van der Waals surface area contributed by atoms with Gasteiger partial charge in [0.1, 0.15) is 6.04 Å². The van der Waals surface area contributed by atoms with E-state index in [1.165, 1.54) is 0 Å². The van der Waals surface area contributed by atoms with Crippen molar-refractivity contribution in [2.75, 3.05) is 6.54 Å². The van der Waals surface area contributed by atoms with Crippen molar-refractivity contribution in [1.29, 1.82) is 0 Å². The summed E-state index contributed by atoms with van der Waals surface area (Å²) < 4.78 is 0. The average Bonchev–Trinajstić information content (AvgIpc) is 3.11. The molecule has 0 aromatic carbocycles. The molecule has 5 nitrogen and oxygen atoms in total. The minimum absolute atomic E-state index is 0.0241. The van der Waals surface area contributed by atoms with Gasteiger partial charge in [-0.25, -0.2) is 0 Å². The van der Waals surface area contributed by atoms with Crippen LogP contribution in [0.25, 0.3) is 0 Å². The van der Waals surface area contributed by atoms with Gasteiger partial charge < -0.3 is 16.0 Å². The fourth-order valence-electron chi connectivity index (χ4n) is 3.51. The highest BCUT2D eigenvalue weighted by molar-refractivity contribution is 5.89. The first-order chi connectivity index (χ1) is 9.66. The van der Waals surface area contributed by atoms with Crippen LogP contribution in [0.4, 0.5) is 0 Å². The van der Waals surface area contributed by atoms with Crippen molar-refractivity contribution in [1.82, 2.24) is 10.2 Å². The summed E-state index contributed by atoms with van der Waals surface area (Å²) in [6, 6.07) is 0.0817. The van der Waals surface area contributed by atoms with E-state index in [4.69, 9.17) is 5.73 Å². The Morgan fingerprint density at radius 1 is 1.00 bits per heavy atom. The number of nitrogens with zero attached hydrogens (tertiary/aromatic N) is 1. The van der Waals surface area contributed by atoms with Crippen LogP contribution in [-0.4, -0.2) is 41.4 Å². The van der Waals surface area contributed by atoms with E-state index >= 15 is 0 Å². The first-order valence-electron chi connectivity index (χ1n) is 8.03. The number of rotatable bonds is 3. The molecule has 0 radical (unpaired) electrons. The Balaban J connectivity index is 1.64. The molecule has 0 spiro atoms. The van der Waals surface area contributed by atoms with Gasteiger partial charge in [0.05, 0.1) is 5.92 Å². The fraction of sp³-hybridized carbons (Fsp3) is 0.867. The molecule has 20 heavy (non-hydrogen) atoms. The Morgan fingerprint density at radius 2 is 1.75 bits per heavy atom. The van der Waals surface area contributed by atoms with E-state index in [-0.39, 0.29) is 29.8 Å². The zero-order chi connectivity index (χ0) is 14.1. The van der Waals surface area contributed by atoms with Gasteiger partial charge in [0.25, 0.3) is 0 Å². The normalized spacial score (nSPS) is 34.0. The summed E-state index contributed by atoms with van der Waals surface area (Å²) in [5.74, 6) is 0.0893. The molecule has 3 rings (SSSR count). The summed E-state index contributed by atoms with van der Waals surface area (Å²) in [7, 11) is 0. The molecule has 2 saturated carbocycles. The van der Waals surface area contributed by atoms with Gasteiger partial charge in [-0.1, -0.05) is 12.8 Å². The van der Waals surface area contributed by atoms with E-state index in [1.807, 2.05) is 0 Å². The predicted octanol–water partition coefficient (Wildman–Crippen LogP) is 0.773. The summed E-state index contributed by atoms with van der Waals surface area (Å²) in [6.45, 7) is 0.713. The summed E-state index contributed by atoms with van der Waals surface area (Å²) >= 11 is 0. The van der Waals surface area contributed by atoms with Crippen LogP contribution >= 0.6 is 0 Å². The van der Waals surface area contributed by atoms with Gasteiger partial charge in [-0.15, -0.1) is 0 Å². The molecule has 112 valence electrons. The van der Waals surface area contributed by atoms with Crippen molar-refractivity contribution in [3.8, 4) is 0 Å². The highest BCUT2D eigenvalue weighted by Crippen LogP contribution is 2.29. The topological polar surface area (TPSA) is 75.4 Å². The van der Waals surface area contributed by atoms with Crippen molar-refractivity contribution in [2.45, 2.75) is 69.5 Å². The average molecular weight is 279 g/mol. The molecule has 0 aromatic heterocycles. The van der Waals surface area contributed by atoms with Crippen LogP contribution in [0, 0.1) is 5.92 Å². The molecule has 3 aliphatic rings. The molecule has 3 N–H and O–H groups in total. The van der Waals surface area contributed by atoms with Gasteiger partial charge in [0.15, 0.2) is 0 Å². The molecule has 0 bridgehead atoms. The molecule has 1 aliphatic heterocycles. The second-order valence-electron chi connectivity index (χ2n) is 6.53. The maximum atomic E-state index is 12.7. The Kier molecular flexibility index (Phi) is 3.96. The molecule has 2 amide bonds. The third-order valence-electron chi connectivity index (χ3n) is 4.90. The van der Waals surface area contributed by atoms with Crippen LogP contribution in [0.2, 0.25) is 0 Å². The van der Waals surface area contributed by atoms with Crippen LogP contribution < -0.4 is 11.1 Å². The summed E-state index contributed by atoms with van der Waals surface area (Å²) in [4.78, 5) is 26.7. The van der Waals surface area contributed by atoms with Gasteiger partial charge in [-0.3, -0.25) is 9.59 Å². The summed E-state index contributed by atoms with van der Waals surface area (Å²) in [6.07, 6.45) is 7.91. The first-order valence-corrected chi connectivity index (χ1v) is 8.03. The van der Waals surface area contributed by atoms with E-state index in [9.17, 15) is 9.59 Å². The number of hydrogen-bond donors (Lipinski definition) is 2. The van der Waals surface area contributed by atoms with Crippen LogP contribution in [0.5, 0.6) is 0 Å². The third kappa shape index (κ3) is 2.82. The standard InChI is InChI=1S/C15H25N3O2/c16-12-5-2-1-4-11(12)15(20)18-9-3-6-13(18)14(19)17-10-7-8-10/h10-13H,1-9,16H2,(H,17,19). The lowest BCUT2D eigenvalue weighted by Crippen LogP contribution is -2.51. The number of nitrogens with two attached hydrogens (primary N) is 1. The zero-order valence-corrected chi connectivity index (χ0v) is 12.0. The Bertz CT molecular complexity index is 395. The zero-order valence-electron chi connectivity index (χ0n) is 12.0. The van der Waals surface area contributed by atoms with Crippen LogP contribution in [0.3, 0.4) is 0 Å². The lowest BCUT2D eigenvalue weighted by atomic mass is 9.84. The minimum atomic E-state index is -0.253. The number of hydrogen-bond acceptors (Lipinski definition) is 3. The number of carbonyl (C=O) groups is 2. The van der Waals surface area contributed by atoms with Gasteiger partial charge in [-0.05, 0) is 38.5 Å². The largest absolute Gasteiger partial charge is 0.352 e. The van der Waals surface area contributed by atoms with E-state index in [0.717, 1.165) is 51.4 Å². The van der Waals surface area contributed by atoms with Crippen LogP contribution in [-0.2, 0) is 9.59 Å². The summed E-state index contributed by atoms with van der Waals surface area (Å²) in [5, 5.41) is 3.03. The second-order valence-corrected chi connectivity index (χ2v) is 6.53. The summed E-state index contributed by atoms with van der Waals surface area (Å²) in [5.41, 5.74) is 6.11. The molecule has 3 atom stereocenters. The van der Waals surface area contributed by atoms with Crippen LogP contribution in [0.1, 0.15) is 51.4 Å². The van der Waals surface area contributed by atoms with Crippen LogP contribution in [0.15, 0.2) is 0 Å². The predicted molar refractivity (Wildman–Crippen MR) is 75.8 cm³/mol. The maximum absolute atomic E-state index is 12.7. The molecule has 3 fully saturated rings. The number of amides is 2. The highest BCUT2D eigenvalue weighted by atomic mass is 16.2. The molecule has 5 heteroatoms. The monoisotopic (exact) mass is 279 g/mol. The molecule has 3 unspecified atom stereocenters. The lowest BCUT2D eigenvalue weighted by Gasteiger charge is -2.33. The van der Waals surface area contributed by atoms with Gasteiger partial charge in [0, 0.05) is 18.6 Å². The molecular weight excluding hydrogens is 254 g/mol. The molecular formula is C15H25N3O2. The third-order valence-corrected chi connectivity index (χ3v) is 4.90. The smallest absolute Gasteiger partial charge is 0.243 e. The van der Waals surface area contributed by atoms with Crippen molar-refractivity contribution >= 4 is 11.8 Å². The number of carbonyl (C=O) groups excluding carboxylic acids is 2. The van der Waals surface area contributed by atoms with Crippen molar-refractivity contribution < 1.29 is 9.59 Å². The number of likely N-dealkylation sites (tertiary alicyclic amines) is 1. The van der Waals surface area contributed by atoms with Gasteiger partial charge in [0.2, 0.25) is 11.8 Å². The SMILES string of the molecule is NC1CCCCC1C(=O)N1CCCC1C(=O)NC1CC1. The molecule has 2 aliphatic carbocycles. The Morgan fingerprint density at radius 3 is 2.45 bits per heavy atom. The van der Waals surface area contributed by atoms with Crippen molar-refractivity contribution in [2.24, 2.45) is 11.7 Å². The fourth-order valence-corrected chi connectivity index (χ4v) is 3.51. The van der Waals surface area contributed by atoms with Gasteiger partial charge >= 0.3 is 0 Å². The molecule has 1 heterocycles. The highest BCUT2D eigenvalue weighted by Gasteiger charge is 2.40. The Hall–Kier alpha value is -1.10. The van der Waals surface area contributed by atoms with Crippen molar-refractivity contribution in [3.63, 3.8) is 0 Å². The van der Waals surface area contributed by atoms with Crippen molar-refractivity contribution in [3.05, 3.63) is 0 Å². The minimum Gasteiger partial charge on any atom is -0.352 e. The van der Waals surface area contributed by atoms with E-state index in [2.05, 4.69) is 5.32 Å². The Labute approximate surface area is 120 Å². The molecule has 1 saturated heterocycles. The number of nitrogens with one attached hydrogen (secondary N) is 1. The van der Waals surface area contributed by atoms with E-state index in [1.54, 1.807) is 4.90 Å².